The number of carbonyl (C=O) groups is 1. The normalized spacial score (nSPS) is 14.6. The van der Waals surface area contributed by atoms with Crippen molar-refractivity contribution in [2.45, 2.75) is 25.8 Å². The summed E-state index contributed by atoms with van der Waals surface area (Å²) in [5.74, 6) is -0.803. The van der Waals surface area contributed by atoms with Crippen molar-refractivity contribution >= 4 is 51.3 Å². The third-order valence-electron chi connectivity index (χ3n) is 3.88. The van der Waals surface area contributed by atoms with Crippen molar-refractivity contribution in [2.75, 3.05) is 11.9 Å². The van der Waals surface area contributed by atoms with E-state index in [0.29, 0.717) is 18.5 Å². The Morgan fingerprint density at radius 1 is 1.39 bits per heavy atom. The number of anilines is 1. The van der Waals surface area contributed by atoms with Gasteiger partial charge in [0.25, 0.3) is 0 Å². The molecule has 124 valence electrons. The molecule has 23 heavy (non-hydrogen) atoms. The summed E-state index contributed by atoms with van der Waals surface area (Å²) in [5.41, 5.74) is 1.95. The zero-order chi connectivity index (χ0) is 15.7. The molecule has 3 nitrogen and oxygen atoms in total. The number of rotatable bonds is 3. The van der Waals surface area contributed by atoms with E-state index in [9.17, 15) is 9.18 Å². The zero-order valence-corrected chi connectivity index (χ0v) is 15.7. The number of carbonyl (C=O) groups excluding carboxylic acids is 1. The summed E-state index contributed by atoms with van der Waals surface area (Å²) in [6.07, 6.45) is 0.651. The van der Waals surface area contributed by atoms with Gasteiger partial charge in [0, 0.05) is 11.4 Å². The van der Waals surface area contributed by atoms with E-state index in [1.54, 1.807) is 6.07 Å². The van der Waals surface area contributed by atoms with Crippen LogP contribution in [0.15, 0.2) is 28.1 Å². The van der Waals surface area contributed by atoms with Crippen molar-refractivity contribution in [1.29, 1.82) is 0 Å². The second-order valence-corrected chi connectivity index (χ2v) is 7.84. The molecule has 7 heteroatoms. The molecule has 1 aromatic carbocycles. The zero-order valence-electron chi connectivity index (χ0n) is 12.5. The molecular weight excluding hydrogens is 403 g/mol. The Hall–Kier alpha value is -0.950. The van der Waals surface area contributed by atoms with Crippen molar-refractivity contribution in [3.8, 4) is 0 Å². The Morgan fingerprint density at radius 3 is 2.87 bits per heavy atom. The Bertz CT molecular complexity index is 722. The molecule has 1 aliphatic heterocycles. The lowest BCUT2D eigenvalue weighted by atomic mass is 9.99. The molecule has 0 fully saturated rings. The second-order valence-electron chi connectivity index (χ2n) is 5.34. The van der Waals surface area contributed by atoms with Gasteiger partial charge in [0.2, 0.25) is 5.91 Å². The van der Waals surface area contributed by atoms with E-state index in [-0.39, 0.29) is 35.7 Å². The van der Waals surface area contributed by atoms with E-state index in [4.69, 9.17) is 0 Å². The lowest BCUT2D eigenvalue weighted by molar-refractivity contribution is -0.117. The number of hydrogen-bond acceptors (Lipinski definition) is 3. The number of hydrogen-bond donors (Lipinski definition) is 2. The molecule has 1 aliphatic rings. The van der Waals surface area contributed by atoms with Crippen LogP contribution in [-0.2, 0) is 17.8 Å². The minimum absolute atomic E-state index is 0. The first-order chi connectivity index (χ1) is 10.6. The molecule has 0 spiro atoms. The first kappa shape index (κ1) is 18.4. The monoisotopic (exact) mass is 418 g/mol. The van der Waals surface area contributed by atoms with Crippen LogP contribution in [0.5, 0.6) is 0 Å². The molecule has 2 N–H and O–H groups in total. The molecule has 0 aliphatic carbocycles. The largest absolute Gasteiger partial charge is 0.323 e. The number of thiophene rings is 1. The molecule has 3 rings (SSSR count). The first-order valence-corrected chi connectivity index (χ1v) is 8.74. The molecular formula is C16H17BrClFN2OS. The van der Waals surface area contributed by atoms with Gasteiger partial charge in [-0.1, -0.05) is 6.07 Å². The maximum absolute atomic E-state index is 14.5. The van der Waals surface area contributed by atoms with E-state index in [0.717, 1.165) is 20.8 Å². The van der Waals surface area contributed by atoms with Gasteiger partial charge in [-0.3, -0.25) is 4.79 Å². The molecule has 1 amide bonds. The molecule has 2 aromatic rings. The fourth-order valence-corrected chi connectivity index (χ4v) is 4.04. The van der Waals surface area contributed by atoms with Crippen molar-refractivity contribution in [3.05, 3.63) is 49.9 Å². The Balaban J connectivity index is 0.00000192. The minimum Gasteiger partial charge on any atom is -0.323 e. The van der Waals surface area contributed by atoms with Crippen LogP contribution >= 0.6 is 39.7 Å². The summed E-state index contributed by atoms with van der Waals surface area (Å²) < 4.78 is 15.5. The highest BCUT2D eigenvalue weighted by Gasteiger charge is 2.21. The van der Waals surface area contributed by atoms with Crippen LogP contribution < -0.4 is 10.6 Å². The average molecular weight is 420 g/mol. The molecule has 1 aromatic heterocycles. The fourth-order valence-electron chi connectivity index (χ4n) is 2.56. The lowest BCUT2D eigenvalue weighted by Crippen LogP contribution is -2.25. The van der Waals surface area contributed by atoms with Gasteiger partial charge in [-0.2, -0.15) is 0 Å². The topological polar surface area (TPSA) is 41.1 Å². The van der Waals surface area contributed by atoms with Crippen LogP contribution in [0.25, 0.3) is 0 Å². The molecule has 0 bridgehead atoms. The highest BCUT2D eigenvalue weighted by atomic mass is 79.9. The average Bonchev–Trinajstić information content (AvgIpc) is 2.96. The Kier molecular flexibility index (Phi) is 6.19. The molecule has 0 saturated heterocycles. The first-order valence-electron chi connectivity index (χ1n) is 7.13. The van der Waals surface area contributed by atoms with E-state index >= 15 is 0 Å². The van der Waals surface area contributed by atoms with Crippen LogP contribution in [0.3, 0.4) is 0 Å². The quantitative estimate of drug-likeness (QED) is 0.771. The van der Waals surface area contributed by atoms with Crippen LogP contribution in [0.1, 0.15) is 28.8 Å². The molecule has 1 unspecified atom stereocenters. The van der Waals surface area contributed by atoms with Gasteiger partial charge in [0.1, 0.15) is 5.82 Å². The predicted molar refractivity (Wildman–Crippen MR) is 98.1 cm³/mol. The molecule has 0 saturated carbocycles. The number of halogens is 3. The van der Waals surface area contributed by atoms with Crippen LogP contribution in [0.4, 0.5) is 10.1 Å². The molecule has 2 heterocycles. The van der Waals surface area contributed by atoms with Crippen molar-refractivity contribution in [2.24, 2.45) is 0 Å². The third kappa shape index (κ3) is 3.94. The Labute approximate surface area is 153 Å². The highest BCUT2D eigenvalue weighted by molar-refractivity contribution is 9.11. The van der Waals surface area contributed by atoms with Gasteiger partial charge in [-0.15, -0.1) is 23.7 Å². The smallest absolute Gasteiger partial charge is 0.232 e. The van der Waals surface area contributed by atoms with Crippen LogP contribution in [0.2, 0.25) is 0 Å². The Morgan fingerprint density at radius 2 is 2.17 bits per heavy atom. The molecule has 0 radical (unpaired) electrons. The summed E-state index contributed by atoms with van der Waals surface area (Å²) in [5, 5.41) is 5.94. The van der Waals surface area contributed by atoms with Gasteiger partial charge in [0.05, 0.1) is 15.4 Å². The summed E-state index contributed by atoms with van der Waals surface area (Å²) >= 11 is 4.91. The van der Waals surface area contributed by atoms with Gasteiger partial charge in [-0.25, -0.2) is 4.39 Å². The summed E-state index contributed by atoms with van der Waals surface area (Å²) in [7, 11) is 0. The number of nitrogens with one attached hydrogen (secondary N) is 2. The van der Waals surface area contributed by atoms with Crippen molar-refractivity contribution in [1.82, 2.24) is 5.32 Å². The van der Waals surface area contributed by atoms with Crippen molar-refractivity contribution in [3.63, 3.8) is 0 Å². The number of amides is 1. The van der Waals surface area contributed by atoms with Gasteiger partial charge >= 0.3 is 0 Å². The maximum atomic E-state index is 14.5. The van der Waals surface area contributed by atoms with Crippen LogP contribution in [0, 0.1) is 5.82 Å². The van der Waals surface area contributed by atoms with Gasteiger partial charge < -0.3 is 10.6 Å². The summed E-state index contributed by atoms with van der Waals surface area (Å²) in [4.78, 5) is 13.3. The summed E-state index contributed by atoms with van der Waals surface area (Å²) in [6, 6.07) is 7.35. The van der Waals surface area contributed by atoms with E-state index in [2.05, 4.69) is 26.6 Å². The van der Waals surface area contributed by atoms with Crippen LogP contribution in [-0.4, -0.2) is 12.5 Å². The standard InChI is InChI=1S/C16H16BrFN2OS.ClH/c1-9(13-4-5-14(17)22-13)16(21)20-12-3-2-10-8-19-7-6-11(10)15(12)18;/h2-5,9,19H,6-8H2,1H3,(H,20,21);1H. The fraction of sp³-hybridized carbons (Fsp3) is 0.312. The van der Waals surface area contributed by atoms with Gasteiger partial charge in [-0.05, 0) is 65.1 Å². The van der Waals surface area contributed by atoms with E-state index in [1.807, 2.05) is 25.1 Å². The van der Waals surface area contributed by atoms with E-state index < -0.39 is 0 Å². The SMILES string of the molecule is CC(C(=O)Nc1ccc2c(c1F)CCNC2)c1ccc(Br)s1.Cl. The molecule has 1 atom stereocenters. The highest BCUT2D eigenvalue weighted by Crippen LogP contribution is 2.30. The van der Waals surface area contributed by atoms with Gasteiger partial charge in [0.15, 0.2) is 0 Å². The number of fused-ring (bicyclic) bond motifs is 1. The summed E-state index contributed by atoms with van der Waals surface area (Å²) in [6.45, 7) is 3.27. The lowest BCUT2D eigenvalue weighted by Gasteiger charge is -2.20. The maximum Gasteiger partial charge on any atom is 0.232 e. The third-order valence-corrected chi connectivity index (χ3v) is 5.69. The van der Waals surface area contributed by atoms with E-state index in [1.165, 1.54) is 11.3 Å². The minimum atomic E-state index is -0.312. The predicted octanol–water partition coefficient (Wildman–Crippen LogP) is 4.46. The number of benzene rings is 1. The second kappa shape index (κ2) is 7.75. The van der Waals surface area contributed by atoms with Crippen molar-refractivity contribution < 1.29 is 9.18 Å².